The summed E-state index contributed by atoms with van der Waals surface area (Å²) in [5.41, 5.74) is 11.5. The van der Waals surface area contributed by atoms with Crippen molar-refractivity contribution in [1.29, 1.82) is 0 Å². The van der Waals surface area contributed by atoms with Crippen molar-refractivity contribution in [2.75, 3.05) is 18.9 Å². The largest absolute Gasteiger partial charge is 0.756 e. The van der Waals surface area contributed by atoms with Crippen LogP contribution in [0.4, 0.5) is 5.82 Å². The zero-order valence-corrected chi connectivity index (χ0v) is 31.5. The van der Waals surface area contributed by atoms with Crippen molar-refractivity contribution in [2.45, 2.75) is 76.8 Å². The van der Waals surface area contributed by atoms with Crippen LogP contribution in [-0.4, -0.2) is 104 Å². The molecule has 1 amide bonds. The van der Waals surface area contributed by atoms with Gasteiger partial charge in [-0.05, 0) is 6.07 Å². The maximum Gasteiger partial charge on any atom is 0.478 e. The first-order valence-electron chi connectivity index (χ1n) is 16.1. The van der Waals surface area contributed by atoms with Crippen molar-refractivity contribution < 1.29 is 89.2 Å². The predicted octanol–water partition coefficient (Wildman–Crippen LogP) is -1.36. The van der Waals surface area contributed by atoms with Crippen LogP contribution in [0, 0.1) is 0 Å². The van der Waals surface area contributed by atoms with Crippen LogP contribution in [0.1, 0.15) is 50.5 Å². The molecule has 3 aromatic rings. The predicted molar refractivity (Wildman–Crippen MR) is 175 cm³/mol. The molecule has 0 aromatic carbocycles. The molecular weight excluding hydrogens is 796 g/mol. The van der Waals surface area contributed by atoms with Crippen LogP contribution in [0.2, 0.25) is 0 Å². The summed E-state index contributed by atoms with van der Waals surface area (Å²) in [5.74, 6) is -4.31. The Kier molecular flexibility index (Phi) is 12.8. The Morgan fingerprint density at radius 3 is 2.07 bits per heavy atom. The molecule has 0 aliphatic carbocycles. The monoisotopic (exact) mass is 831 g/mol. The highest BCUT2D eigenvalue weighted by molar-refractivity contribution is 7.60. The second-order valence-corrected chi connectivity index (χ2v) is 15.0. The van der Waals surface area contributed by atoms with E-state index < -0.39 is 108 Å². The smallest absolute Gasteiger partial charge is 0.478 e. The van der Waals surface area contributed by atoms with Crippen molar-refractivity contribution in [1.82, 2.24) is 19.5 Å². The van der Waals surface area contributed by atoms with Crippen LogP contribution >= 0.6 is 15.6 Å². The number of nitrogens with zero attached hydrogens (tertiary/aromatic N) is 5. The molecule has 3 aromatic heterocycles. The van der Waals surface area contributed by atoms with E-state index in [9.17, 15) is 42.9 Å². The minimum absolute atomic E-state index is 0.00544. The van der Waals surface area contributed by atoms with E-state index in [1.807, 2.05) is 0 Å². The third-order valence-corrected chi connectivity index (χ3v) is 10.4. The van der Waals surface area contributed by atoms with Gasteiger partial charge in [0.25, 0.3) is 13.7 Å². The number of esters is 4. The normalized spacial score (nSPS) is 26.8. The van der Waals surface area contributed by atoms with Crippen molar-refractivity contribution in [3.63, 3.8) is 0 Å². The van der Waals surface area contributed by atoms with Gasteiger partial charge in [0.05, 0.1) is 19.5 Å². The fraction of sp³-hybridized carbons (Fsp3) is 0.483. The van der Waals surface area contributed by atoms with E-state index in [0.717, 1.165) is 34.0 Å². The SMILES string of the molecule is CC(=O)OC1C(OC(C)=O)[C@@H](COP(=O)(O)OP(=O)([O-])OC[C@H]2O[C@@H]([n+]3cccc(C(N)=O)c3)C(OC(C)=O)C2OC(C)=O)O[C@H]1n1cnc2c(N)ncnc21. The first-order valence-corrected chi connectivity index (χ1v) is 19.1. The molecule has 6 unspecified atom stereocenters. The zero-order valence-electron chi connectivity index (χ0n) is 29.7. The maximum absolute atomic E-state index is 13.0. The standard InChI is InChI=1S/C29H35N7O18P2/c1-13(37)48-21-18(52-28(23(21)50-15(3)39)35-7-5-6-17(8-35)26(31)41)9-46-55(42,43)54-56(44,45)47-10-19-22(49-14(2)38)24(51-16(4)40)29(53-19)36-12-34-20-25(30)32-11-33-27(20)36/h5-8,11-12,18-19,21-24,28-29H,9-10H2,1-4H3,(H5-,30,31,32,33,41,42,43,44,45)/t18-,19-,21?,22?,23?,24?,28-,29-/m1/s1. The summed E-state index contributed by atoms with van der Waals surface area (Å²) in [6, 6.07) is 2.78. The van der Waals surface area contributed by atoms with Gasteiger partial charge >= 0.3 is 37.9 Å². The number of carbonyl (C=O) groups is 5. The number of phosphoric ester groups is 2. The van der Waals surface area contributed by atoms with Crippen molar-refractivity contribution >= 4 is 62.4 Å². The molecule has 0 bridgehead atoms. The maximum atomic E-state index is 13.0. The molecule has 2 aliphatic heterocycles. The number of carbonyl (C=O) groups excluding carboxylic acids is 5. The van der Waals surface area contributed by atoms with Gasteiger partial charge in [-0.25, -0.2) is 23.8 Å². The van der Waals surface area contributed by atoms with Gasteiger partial charge in [-0.2, -0.15) is 4.57 Å². The number of aromatic nitrogens is 5. The van der Waals surface area contributed by atoms with Gasteiger partial charge in [-0.3, -0.25) is 37.6 Å². The number of fused-ring (bicyclic) bond motifs is 1. The number of pyridine rings is 1. The third kappa shape index (κ3) is 10.1. The van der Waals surface area contributed by atoms with Crippen LogP contribution in [0.15, 0.2) is 37.2 Å². The summed E-state index contributed by atoms with van der Waals surface area (Å²) in [6.45, 7) is 2.09. The Labute approximate surface area is 315 Å². The Bertz CT molecular complexity index is 2100. The number of ether oxygens (including phenoxy) is 6. The molecule has 2 saturated heterocycles. The molecular formula is C29H35N7O18P2. The number of rotatable bonds is 15. The molecule has 0 spiro atoms. The lowest BCUT2D eigenvalue weighted by molar-refractivity contribution is -0.765. The number of nitrogens with two attached hydrogens (primary N) is 2. The molecule has 27 heteroatoms. The molecule has 5 heterocycles. The molecule has 2 fully saturated rings. The molecule has 10 atom stereocenters. The van der Waals surface area contributed by atoms with E-state index in [1.54, 1.807) is 0 Å². The molecule has 5 N–H and O–H groups in total. The van der Waals surface area contributed by atoms with Crippen LogP contribution in [0.25, 0.3) is 11.2 Å². The minimum Gasteiger partial charge on any atom is -0.756 e. The second-order valence-electron chi connectivity index (χ2n) is 12.0. The number of nitrogen functional groups attached to an aromatic ring is 1. The van der Waals surface area contributed by atoms with E-state index in [2.05, 4.69) is 19.3 Å². The van der Waals surface area contributed by atoms with E-state index in [-0.39, 0.29) is 22.5 Å². The van der Waals surface area contributed by atoms with Gasteiger partial charge in [-0.1, -0.05) is 0 Å². The van der Waals surface area contributed by atoms with Crippen LogP contribution in [0.5, 0.6) is 0 Å². The molecule has 0 saturated carbocycles. The van der Waals surface area contributed by atoms with E-state index >= 15 is 0 Å². The first-order chi connectivity index (χ1) is 26.2. The van der Waals surface area contributed by atoms with Crippen molar-refractivity contribution in [3.8, 4) is 0 Å². The Hall–Kier alpha value is -4.97. The topological polar surface area (TPSA) is 345 Å². The van der Waals surface area contributed by atoms with Gasteiger partial charge in [-0.15, -0.1) is 0 Å². The van der Waals surface area contributed by atoms with Crippen molar-refractivity contribution in [3.05, 3.63) is 42.7 Å². The second kappa shape index (κ2) is 17.0. The van der Waals surface area contributed by atoms with E-state index in [1.165, 1.54) is 40.0 Å². The Morgan fingerprint density at radius 1 is 0.875 bits per heavy atom. The molecule has 2 aliphatic rings. The Morgan fingerprint density at radius 2 is 1.45 bits per heavy atom. The molecule has 0 radical (unpaired) electrons. The summed E-state index contributed by atoms with van der Waals surface area (Å²) < 4.78 is 75.5. The summed E-state index contributed by atoms with van der Waals surface area (Å²) in [4.78, 5) is 95.3. The molecule has 5 rings (SSSR count). The lowest BCUT2D eigenvalue weighted by atomic mass is 10.1. The highest BCUT2D eigenvalue weighted by Gasteiger charge is 2.55. The number of primary amides is 1. The van der Waals surface area contributed by atoms with Crippen LogP contribution < -0.4 is 20.9 Å². The number of imidazole rings is 1. The Balaban J connectivity index is 1.31. The summed E-state index contributed by atoms with van der Waals surface area (Å²) in [5, 5.41) is 0. The van der Waals surface area contributed by atoms with Gasteiger partial charge < -0.3 is 54.2 Å². The van der Waals surface area contributed by atoms with Crippen molar-refractivity contribution in [2.24, 2.45) is 5.73 Å². The number of phosphoric acid groups is 2. The van der Waals surface area contributed by atoms with Gasteiger partial charge in [0.1, 0.15) is 29.6 Å². The molecule has 304 valence electrons. The average molecular weight is 832 g/mol. The fourth-order valence-corrected chi connectivity index (χ4v) is 7.86. The fourth-order valence-electron chi connectivity index (χ4n) is 5.81. The highest BCUT2D eigenvalue weighted by atomic mass is 31.3. The van der Waals surface area contributed by atoms with E-state index in [4.69, 9.17) is 48.9 Å². The first kappa shape index (κ1) is 42.2. The third-order valence-electron chi connectivity index (χ3n) is 7.84. The molecule has 25 nitrogen and oxygen atoms in total. The van der Waals surface area contributed by atoms with Gasteiger partial charge in [0.2, 0.25) is 6.10 Å². The molecule has 56 heavy (non-hydrogen) atoms. The van der Waals surface area contributed by atoms with Gasteiger partial charge in [0.15, 0.2) is 48.4 Å². The number of hydrogen-bond acceptors (Lipinski definition) is 21. The van der Waals surface area contributed by atoms with Crippen LogP contribution in [0.3, 0.4) is 0 Å². The minimum atomic E-state index is -5.82. The van der Waals surface area contributed by atoms with Gasteiger partial charge in [0, 0.05) is 33.8 Å². The summed E-state index contributed by atoms with van der Waals surface area (Å²) in [6.07, 6.45) is -6.67. The summed E-state index contributed by atoms with van der Waals surface area (Å²) >= 11 is 0. The quantitative estimate of drug-likeness (QED) is 0.0688. The highest BCUT2D eigenvalue weighted by Crippen LogP contribution is 2.58. The summed E-state index contributed by atoms with van der Waals surface area (Å²) in [7, 11) is -11.5. The van der Waals surface area contributed by atoms with Crippen LogP contribution in [-0.2, 0) is 70.1 Å². The number of anilines is 1. The number of hydrogen-bond donors (Lipinski definition) is 3. The van der Waals surface area contributed by atoms with E-state index in [0.29, 0.717) is 0 Å². The zero-order chi connectivity index (χ0) is 41.1. The average Bonchev–Trinajstić information content (AvgIpc) is 3.76. The lowest BCUT2D eigenvalue weighted by Crippen LogP contribution is -2.48. The number of amides is 1. The lowest BCUT2D eigenvalue weighted by Gasteiger charge is -2.27.